The van der Waals surface area contributed by atoms with Gasteiger partial charge < -0.3 is 10.2 Å². The molecule has 0 spiro atoms. The maximum Gasteiger partial charge on any atom is 0.328 e. The highest BCUT2D eigenvalue weighted by atomic mass is 16.4. The fourth-order valence-corrected chi connectivity index (χ4v) is 2.29. The van der Waals surface area contributed by atoms with E-state index >= 15 is 0 Å². The molecule has 0 aromatic carbocycles. The number of rotatable bonds is 3. The van der Waals surface area contributed by atoms with Crippen molar-refractivity contribution in [3.05, 3.63) is 35.5 Å². The Labute approximate surface area is 118 Å². The van der Waals surface area contributed by atoms with Crippen molar-refractivity contribution in [3.8, 4) is 12.3 Å². The number of carbonyl (C=O) groups excluding carboxylic acids is 1. The van der Waals surface area contributed by atoms with Gasteiger partial charge in [0.1, 0.15) is 5.60 Å². The largest absolute Gasteiger partial charge is 0.478 e. The monoisotopic (exact) mass is 274 g/mol. The third-order valence-corrected chi connectivity index (χ3v) is 3.60. The summed E-state index contributed by atoms with van der Waals surface area (Å²) < 4.78 is 0. The van der Waals surface area contributed by atoms with Gasteiger partial charge in [-0.25, -0.2) is 4.79 Å². The van der Waals surface area contributed by atoms with Crippen LogP contribution in [0.2, 0.25) is 0 Å². The maximum atomic E-state index is 11.6. The van der Waals surface area contributed by atoms with E-state index in [0.717, 1.165) is 6.08 Å². The molecule has 0 aromatic rings. The second-order valence-corrected chi connectivity index (χ2v) is 5.27. The van der Waals surface area contributed by atoms with Crippen LogP contribution in [0.4, 0.5) is 0 Å². The van der Waals surface area contributed by atoms with Crippen LogP contribution in [0, 0.1) is 17.8 Å². The van der Waals surface area contributed by atoms with Crippen LogP contribution in [0.3, 0.4) is 0 Å². The summed E-state index contributed by atoms with van der Waals surface area (Å²) in [4.78, 5) is 22.2. The van der Waals surface area contributed by atoms with Gasteiger partial charge in [-0.1, -0.05) is 12.0 Å². The topological polar surface area (TPSA) is 74.6 Å². The first-order valence-corrected chi connectivity index (χ1v) is 6.17. The van der Waals surface area contributed by atoms with Crippen LogP contribution in [-0.4, -0.2) is 27.6 Å². The Morgan fingerprint density at radius 1 is 1.55 bits per heavy atom. The van der Waals surface area contributed by atoms with Gasteiger partial charge in [0.15, 0.2) is 5.78 Å². The van der Waals surface area contributed by atoms with Gasteiger partial charge in [0, 0.05) is 12.5 Å². The van der Waals surface area contributed by atoms with E-state index in [1.165, 1.54) is 18.2 Å². The minimum atomic E-state index is -1.47. The Morgan fingerprint density at radius 2 is 2.15 bits per heavy atom. The lowest BCUT2D eigenvalue weighted by molar-refractivity contribution is -0.131. The zero-order valence-electron chi connectivity index (χ0n) is 11.8. The molecule has 0 amide bonds. The summed E-state index contributed by atoms with van der Waals surface area (Å²) >= 11 is 0. The van der Waals surface area contributed by atoms with E-state index in [1.807, 2.05) is 0 Å². The molecule has 1 unspecified atom stereocenters. The third-order valence-electron chi connectivity index (χ3n) is 3.60. The Hall–Kier alpha value is -2.12. The van der Waals surface area contributed by atoms with E-state index in [0.29, 0.717) is 11.1 Å². The number of allylic oxidation sites excluding steroid dienone is 3. The SMILES string of the molecule is C#CC1(C)CC(=O)C=C(C)[C@]1(O)/C=C/C(C)=C/C(=O)O. The van der Waals surface area contributed by atoms with Crippen molar-refractivity contribution in [2.75, 3.05) is 0 Å². The number of hydrogen-bond acceptors (Lipinski definition) is 3. The molecule has 0 saturated heterocycles. The van der Waals surface area contributed by atoms with Crippen LogP contribution in [0.25, 0.3) is 0 Å². The summed E-state index contributed by atoms with van der Waals surface area (Å²) in [5.74, 6) is 1.31. The molecule has 106 valence electrons. The third kappa shape index (κ3) is 2.89. The standard InChI is InChI=1S/C16H18O4/c1-5-15(4)10-13(17)9-12(3)16(15,20)7-6-11(2)8-14(18)19/h1,6-9,20H,10H2,2-4H3,(H,18,19)/b7-6+,11-8+/t15?,16-/m1/s1. The highest BCUT2D eigenvalue weighted by Crippen LogP contribution is 2.44. The molecule has 0 saturated carbocycles. The van der Waals surface area contributed by atoms with Crippen molar-refractivity contribution in [2.45, 2.75) is 32.8 Å². The minimum absolute atomic E-state index is 0.0450. The van der Waals surface area contributed by atoms with Crippen LogP contribution in [0.15, 0.2) is 35.5 Å². The second-order valence-electron chi connectivity index (χ2n) is 5.27. The van der Waals surface area contributed by atoms with Crippen LogP contribution in [0.5, 0.6) is 0 Å². The normalized spacial score (nSPS) is 31.1. The summed E-state index contributed by atoms with van der Waals surface area (Å²) in [6.07, 6.45) is 10.9. The summed E-state index contributed by atoms with van der Waals surface area (Å²) in [6.45, 7) is 4.88. The van der Waals surface area contributed by atoms with Gasteiger partial charge in [0.25, 0.3) is 0 Å². The Balaban J connectivity index is 3.27. The van der Waals surface area contributed by atoms with E-state index in [1.54, 1.807) is 20.8 Å². The van der Waals surface area contributed by atoms with Crippen molar-refractivity contribution in [1.29, 1.82) is 0 Å². The molecule has 20 heavy (non-hydrogen) atoms. The zero-order chi connectivity index (χ0) is 15.6. The zero-order valence-corrected chi connectivity index (χ0v) is 11.8. The number of carboxylic acid groups (broad SMARTS) is 1. The summed E-state index contributed by atoms with van der Waals surface area (Å²) in [7, 11) is 0. The molecule has 1 rings (SSSR count). The maximum absolute atomic E-state index is 11.6. The lowest BCUT2D eigenvalue weighted by Crippen LogP contribution is -2.49. The number of carboxylic acids is 1. The molecule has 4 nitrogen and oxygen atoms in total. The van der Waals surface area contributed by atoms with Gasteiger partial charge in [-0.2, -0.15) is 0 Å². The smallest absolute Gasteiger partial charge is 0.328 e. The van der Waals surface area contributed by atoms with Crippen LogP contribution in [0.1, 0.15) is 27.2 Å². The van der Waals surface area contributed by atoms with Crippen molar-refractivity contribution >= 4 is 11.8 Å². The molecule has 4 heteroatoms. The molecule has 2 N–H and O–H groups in total. The first-order chi connectivity index (χ1) is 9.14. The van der Waals surface area contributed by atoms with Crippen LogP contribution in [-0.2, 0) is 9.59 Å². The van der Waals surface area contributed by atoms with Crippen LogP contribution < -0.4 is 0 Å². The number of terminal acetylenes is 1. The average molecular weight is 274 g/mol. The Bertz CT molecular complexity index is 574. The van der Waals surface area contributed by atoms with Gasteiger partial charge in [0.05, 0.1) is 5.41 Å². The highest BCUT2D eigenvalue weighted by Gasteiger charge is 2.49. The molecule has 0 heterocycles. The molecule has 0 bridgehead atoms. The number of aliphatic carboxylic acids is 1. The molecule has 0 radical (unpaired) electrons. The van der Waals surface area contributed by atoms with Gasteiger partial charge in [-0.05, 0) is 44.1 Å². The number of hydrogen-bond donors (Lipinski definition) is 2. The van der Waals surface area contributed by atoms with Gasteiger partial charge in [-0.3, -0.25) is 4.79 Å². The van der Waals surface area contributed by atoms with Crippen molar-refractivity contribution < 1.29 is 19.8 Å². The lowest BCUT2D eigenvalue weighted by Gasteiger charge is -2.42. The molecule has 1 aliphatic carbocycles. The highest BCUT2D eigenvalue weighted by molar-refractivity contribution is 5.93. The fourth-order valence-electron chi connectivity index (χ4n) is 2.29. The molecule has 0 aromatic heterocycles. The molecular formula is C16H18O4. The Kier molecular flexibility index (Phi) is 4.36. The first kappa shape index (κ1) is 15.9. The molecule has 2 atom stereocenters. The predicted octanol–water partition coefficient (Wildman–Crippen LogP) is 1.86. The molecule has 1 aliphatic rings. The fraction of sp³-hybridized carbons (Fsp3) is 0.375. The minimum Gasteiger partial charge on any atom is -0.478 e. The van der Waals surface area contributed by atoms with Crippen molar-refractivity contribution in [1.82, 2.24) is 0 Å². The lowest BCUT2D eigenvalue weighted by atomic mass is 9.64. The summed E-state index contributed by atoms with van der Waals surface area (Å²) in [6, 6.07) is 0. The molecule has 0 fully saturated rings. The molecular weight excluding hydrogens is 256 g/mol. The van der Waals surface area contributed by atoms with E-state index in [9.17, 15) is 14.7 Å². The number of aliphatic hydroxyl groups is 1. The van der Waals surface area contributed by atoms with Crippen molar-refractivity contribution in [3.63, 3.8) is 0 Å². The van der Waals surface area contributed by atoms with Gasteiger partial charge in [-0.15, -0.1) is 6.42 Å². The summed E-state index contributed by atoms with van der Waals surface area (Å²) in [5, 5.41) is 19.5. The second kappa shape index (κ2) is 5.48. The number of carbonyl (C=O) groups is 2. The van der Waals surface area contributed by atoms with Gasteiger partial charge >= 0.3 is 5.97 Å². The van der Waals surface area contributed by atoms with E-state index in [-0.39, 0.29) is 12.2 Å². The average Bonchev–Trinajstić information content (AvgIpc) is 2.33. The summed E-state index contributed by atoms with van der Waals surface area (Å²) in [5.41, 5.74) is -1.60. The molecule has 0 aliphatic heterocycles. The predicted molar refractivity (Wildman–Crippen MR) is 75.8 cm³/mol. The van der Waals surface area contributed by atoms with Crippen molar-refractivity contribution in [2.24, 2.45) is 5.41 Å². The van der Waals surface area contributed by atoms with E-state index in [4.69, 9.17) is 11.5 Å². The number of ketones is 1. The van der Waals surface area contributed by atoms with E-state index in [2.05, 4.69) is 5.92 Å². The van der Waals surface area contributed by atoms with Crippen LogP contribution >= 0.6 is 0 Å². The van der Waals surface area contributed by atoms with E-state index < -0.39 is 17.0 Å². The Morgan fingerprint density at radius 3 is 2.65 bits per heavy atom. The quantitative estimate of drug-likeness (QED) is 0.468. The van der Waals surface area contributed by atoms with Gasteiger partial charge in [0.2, 0.25) is 0 Å². The first-order valence-electron chi connectivity index (χ1n) is 6.17.